The Hall–Kier alpha value is -2.53. The Kier molecular flexibility index (Phi) is 2.84. The summed E-state index contributed by atoms with van der Waals surface area (Å²) in [4.78, 5) is 14.0. The highest BCUT2D eigenvalue weighted by molar-refractivity contribution is 6.05. The summed E-state index contributed by atoms with van der Waals surface area (Å²) in [6.45, 7) is 2.24. The highest BCUT2D eigenvalue weighted by Gasteiger charge is 2.47. The number of amides is 1. The van der Waals surface area contributed by atoms with Crippen molar-refractivity contribution >= 4 is 11.6 Å². The number of carbonyl (C=O) groups is 1. The zero-order valence-corrected chi connectivity index (χ0v) is 12.2. The van der Waals surface area contributed by atoms with Crippen LogP contribution >= 0.6 is 0 Å². The number of fused-ring (bicyclic) bond motifs is 1. The van der Waals surface area contributed by atoms with Crippen LogP contribution in [0, 0.1) is 6.92 Å². The van der Waals surface area contributed by atoms with Crippen LogP contribution in [-0.2, 0) is 4.79 Å². The Morgan fingerprint density at radius 1 is 1.14 bits per heavy atom. The lowest BCUT2D eigenvalue weighted by Crippen LogP contribution is -2.63. The molecule has 4 rings (SSSR count). The first-order valence-corrected chi connectivity index (χ1v) is 7.20. The molecule has 1 saturated heterocycles. The van der Waals surface area contributed by atoms with E-state index >= 15 is 0 Å². The molecule has 2 aromatic carbocycles. The molecule has 2 atom stereocenters. The maximum absolute atomic E-state index is 12.2. The highest BCUT2D eigenvalue weighted by atomic mass is 16.7. The van der Waals surface area contributed by atoms with Gasteiger partial charge in [0, 0.05) is 5.69 Å². The van der Waals surface area contributed by atoms with Crippen molar-refractivity contribution < 1.29 is 14.3 Å². The molecule has 0 aromatic heterocycles. The Morgan fingerprint density at radius 3 is 2.77 bits per heavy atom. The minimum Gasteiger partial charge on any atom is -0.454 e. The Morgan fingerprint density at radius 2 is 1.95 bits per heavy atom. The van der Waals surface area contributed by atoms with Crippen molar-refractivity contribution in [1.29, 1.82) is 0 Å². The summed E-state index contributed by atoms with van der Waals surface area (Å²) in [5, 5.41) is 0. The minimum absolute atomic E-state index is 0.0618. The van der Waals surface area contributed by atoms with Gasteiger partial charge < -0.3 is 20.1 Å². The van der Waals surface area contributed by atoms with Crippen molar-refractivity contribution in [3.8, 4) is 11.5 Å². The second kappa shape index (κ2) is 4.74. The average molecular weight is 296 g/mol. The van der Waals surface area contributed by atoms with E-state index in [0.717, 1.165) is 22.6 Å². The summed E-state index contributed by atoms with van der Waals surface area (Å²) < 4.78 is 10.7. The van der Waals surface area contributed by atoms with Gasteiger partial charge in [-0.1, -0.05) is 18.2 Å². The summed E-state index contributed by atoms with van der Waals surface area (Å²) in [7, 11) is 0. The van der Waals surface area contributed by atoms with Gasteiger partial charge in [-0.2, -0.15) is 0 Å². The molecule has 22 heavy (non-hydrogen) atoms. The number of rotatable bonds is 2. The first-order chi connectivity index (χ1) is 10.6. The lowest BCUT2D eigenvalue weighted by Gasteiger charge is -2.45. The van der Waals surface area contributed by atoms with Crippen molar-refractivity contribution in [2.24, 2.45) is 5.73 Å². The lowest BCUT2D eigenvalue weighted by atomic mass is 9.88. The first-order valence-electron chi connectivity index (χ1n) is 7.20. The molecule has 5 nitrogen and oxygen atoms in total. The van der Waals surface area contributed by atoms with Crippen LogP contribution in [0.1, 0.15) is 17.2 Å². The monoisotopic (exact) mass is 296 g/mol. The van der Waals surface area contributed by atoms with Crippen LogP contribution in [-0.4, -0.2) is 18.7 Å². The van der Waals surface area contributed by atoms with E-state index in [9.17, 15) is 4.79 Å². The molecule has 2 unspecified atom stereocenters. The molecule has 0 aliphatic carbocycles. The SMILES string of the molecule is Cc1cccc(N2C(=O)C(N)C2c2ccc3c(c2)OCO3)c1. The minimum atomic E-state index is -0.527. The maximum atomic E-state index is 12.2. The van der Waals surface area contributed by atoms with E-state index in [0.29, 0.717) is 5.75 Å². The number of benzene rings is 2. The molecule has 2 aromatic rings. The van der Waals surface area contributed by atoms with Gasteiger partial charge in [0.25, 0.3) is 0 Å². The topological polar surface area (TPSA) is 64.8 Å². The summed E-state index contributed by atoms with van der Waals surface area (Å²) in [6.07, 6.45) is 0. The predicted octanol–water partition coefficient (Wildman–Crippen LogP) is 2.14. The third kappa shape index (κ3) is 1.86. The van der Waals surface area contributed by atoms with Crippen LogP contribution in [0.15, 0.2) is 42.5 Å². The number of ether oxygens (including phenoxy) is 2. The third-order valence-electron chi connectivity index (χ3n) is 4.16. The van der Waals surface area contributed by atoms with Crippen LogP contribution in [0.4, 0.5) is 5.69 Å². The van der Waals surface area contributed by atoms with E-state index in [4.69, 9.17) is 15.2 Å². The molecule has 0 saturated carbocycles. The zero-order valence-electron chi connectivity index (χ0n) is 12.2. The third-order valence-corrected chi connectivity index (χ3v) is 4.16. The van der Waals surface area contributed by atoms with Crippen LogP contribution in [0.5, 0.6) is 11.5 Å². The van der Waals surface area contributed by atoms with Gasteiger partial charge in [-0.15, -0.1) is 0 Å². The first kappa shape index (κ1) is 13.2. The van der Waals surface area contributed by atoms with Crippen LogP contribution in [0.2, 0.25) is 0 Å². The molecule has 112 valence electrons. The smallest absolute Gasteiger partial charge is 0.247 e. The van der Waals surface area contributed by atoms with Crippen LogP contribution < -0.4 is 20.1 Å². The van der Waals surface area contributed by atoms with Gasteiger partial charge >= 0.3 is 0 Å². The average Bonchev–Trinajstić information content (AvgIpc) is 2.98. The fourth-order valence-corrected chi connectivity index (χ4v) is 3.03. The lowest BCUT2D eigenvalue weighted by molar-refractivity contribution is -0.126. The number of nitrogens with two attached hydrogens (primary N) is 1. The molecule has 2 heterocycles. The van der Waals surface area contributed by atoms with Gasteiger partial charge in [0.15, 0.2) is 11.5 Å². The van der Waals surface area contributed by atoms with Crippen LogP contribution in [0.25, 0.3) is 0 Å². The fraction of sp³-hybridized carbons (Fsp3) is 0.235. The van der Waals surface area contributed by atoms with E-state index in [2.05, 4.69) is 0 Å². The number of carbonyl (C=O) groups excluding carboxylic acids is 1. The van der Waals surface area contributed by atoms with Crippen LogP contribution in [0.3, 0.4) is 0 Å². The Balaban J connectivity index is 1.72. The van der Waals surface area contributed by atoms with E-state index < -0.39 is 6.04 Å². The van der Waals surface area contributed by atoms with Crippen molar-refractivity contribution in [3.63, 3.8) is 0 Å². The number of β-lactam (4-membered cyclic amide) rings is 1. The van der Waals surface area contributed by atoms with E-state index in [-0.39, 0.29) is 18.7 Å². The molecule has 1 fully saturated rings. The molecule has 1 amide bonds. The zero-order chi connectivity index (χ0) is 15.3. The van der Waals surface area contributed by atoms with Gasteiger partial charge in [0.2, 0.25) is 12.7 Å². The molecular weight excluding hydrogens is 280 g/mol. The fourth-order valence-electron chi connectivity index (χ4n) is 3.03. The molecule has 0 bridgehead atoms. The number of anilines is 1. The van der Waals surface area contributed by atoms with Crippen molar-refractivity contribution in [1.82, 2.24) is 0 Å². The quantitative estimate of drug-likeness (QED) is 0.862. The molecule has 2 N–H and O–H groups in total. The summed E-state index contributed by atoms with van der Waals surface area (Å²) in [5.74, 6) is 1.37. The van der Waals surface area contributed by atoms with Gasteiger partial charge in [-0.25, -0.2) is 0 Å². The largest absolute Gasteiger partial charge is 0.454 e. The van der Waals surface area contributed by atoms with Gasteiger partial charge in [-0.3, -0.25) is 4.79 Å². The van der Waals surface area contributed by atoms with Gasteiger partial charge in [0.1, 0.15) is 6.04 Å². The molecular formula is C17H16N2O3. The Bertz CT molecular complexity index is 759. The standard InChI is InChI=1S/C17H16N2O3/c1-10-3-2-4-12(7-10)19-16(15(18)17(19)20)11-5-6-13-14(8-11)22-9-21-13/h2-8,15-16H,9,18H2,1H3. The normalized spacial score (nSPS) is 22.6. The summed E-state index contributed by atoms with van der Waals surface area (Å²) in [5.41, 5.74) is 8.98. The second-order valence-electron chi connectivity index (χ2n) is 5.63. The van der Waals surface area contributed by atoms with Gasteiger partial charge in [-0.05, 0) is 42.3 Å². The van der Waals surface area contributed by atoms with E-state index in [1.54, 1.807) is 4.90 Å². The Labute approximate surface area is 128 Å². The number of nitrogens with zero attached hydrogens (tertiary/aromatic N) is 1. The van der Waals surface area contributed by atoms with Gasteiger partial charge in [0.05, 0.1) is 6.04 Å². The molecule has 2 aliphatic heterocycles. The van der Waals surface area contributed by atoms with Crippen molar-refractivity contribution in [2.75, 3.05) is 11.7 Å². The number of hydrogen-bond acceptors (Lipinski definition) is 4. The second-order valence-corrected chi connectivity index (χ2v) is 5.63. The molecule has 5 heteroatoms. The molecule has 0 spiro atoms. The van der Waals surface area contributed by atoms with E-state index in [1.165, 1.54) is 0 Å². The maximum Gasteiger partial charge on any atom is 0.247 e. The van der Waals surface area contributed by atoms with Crippen molar-refractivity contribution in [2.45, 2.75) is 19.0 Å². The highest BCUT2D eigenvalue weighted by Crippen LogP contribution is 2.42. The van der Waals surface area contributed by atoms with E-state index in [1.807, 2.05) is 49.4 Å². The number of hydrogen-bond donors (Lipinski definition) is 1. The molecule has 0 radical (unpaired) electrons. The summed E-state index contributed by atoms with van der Waals surface area (Å²) in [6, 6.07) is 12.9. The predicted molar refractivity (Wildman–Crippen MR) is 81.9 cm³/mol. The van der Waals surface area contributed by atoms with Crippen molar-refractivity contribution in [3.05, 3.63) is 53.6 Å². The summed E-state index contributed by atoms with van der Waals surface area (Å²) >= 11 is 0. The molecule has 2 aliphatic rings. The number of aryl methyl sites for hydroxylation is 1.